The number of carboxylic acid groups (broad SMARTS) is 1. The summed E-state index contributed by atoms with van der Waals surface area (Å²) in [4.78, 5) is 25.5. The van der Waals surface area contributed by atoms with E-state index in [-0.39, 0.29) is 5.91 Å². The van der Waals surface area contributed by atoms with Gasteiger partial charge in [-0.2, -0.15) is 0 Å². The number of aliphatic carboxylic acids is 1. The fourth-order valence-corrected chi connectivity index (χ4v) is 3.17. The van der Waals surface area contributed by atoms with Crippen LogP contribution in [-0.2, 0) is 16.1 Å². The zero-order chi connectivity index (χ0) is 15.8. The van der Waals surface area contributed by atoms with Gasteiger partial charge in [-0.15, -0.1) is 0 Å². The number of hydrogen-bond acceptors (Lipinski definition) is 2. The fraction of sp³-hybridized carbons (Fsp3) is 0.500. The summed E-state index contributed by atoms with van der Waals surface area (Å²) in [6.45, 7) is 6.57. The van der Waals surface area contributed by atoms with Gasteiger partial charge in [-0.1, -0.05) is 37.6 Å². The highest BCUT2D eigenvalue weighted by Gasteiger charge is 2.66. The molecule has 0 saturated heterocycles. The van der Waals surface area contributed by atoms with Crippen molar-refractivity contribution in [2.24, 2.45) is 17.3 Å². The van der Waals surface area contributed by atoms with Crippen LogP contribution >= 0.6 is 11.6 Å². The summed E-state index contributed by atoms with van der Waals surface area (Å²) in [5, 5.41) is 9.83. The van der Waals surface area contributed by atoms with Crippen LogP contribution in [0.25, 0.3) is 0 Å². The number of hydrogen-bond donors (Lipinski definition) is 1. The summed E-state index contributed by atoms with van der Waals surface area (Å²) in [6, 6.07) is 7.36. The number of amides is 1. The molecule has 4 nitrogen and oxygen atoms in total. The predicted molar refractivity (Wildman–Crippen MR) is 80.9 cm³/mol. The summed E-state index contributed by atoms with van der Waals surface area (Å²) >= 11 is 5.95. The molecule has 0 aromatic heterocycles. The average Bonchev–Trinajstić information content (AvgIpc) is 2.98. The molecule has 1 aliphatic rings. The van der Waals surface area contributed by atoms with E-state index >= 15 is 0 Å². The molecule has 5 heteroatoms. The first-order valence-corrected chi connectivity index (χ1v) is 7.42. The number of nitrogens with zero attached hydrogens (tertiary/aromatic N) is 1. The maximum Gasteiger partial charge on any atom is 0.307 e. The van der Waals surface area contributed by atoms with Gasteiger partial charge in [0.25, 0.3) is 0 Å². The Bertz CT molecular complexity index is 570. The van der Waals surface area contributed by atoms with Gasteiger partial charge < -0.3 is 10.0 Å². The third-order valence-corrected chi connectivity index (χ3v) is 4.55. The number of rotatable bonds is 5. The molecular weight excluding hydrogens is 290 g/mol. The summed E-state index contributed by atoms with van der Waals surface area (Å²) in [6.07, 6.45) is 0. The Hall–Kier alpha value is -1.55. The Balaban J connectivity index is 2.12. The molecule has 1 N–H and O–H groups in total. The van der Waals surface area contributed by atoms with E-state index in [0.717, 1.165) is 5.56 Å². The first-order chi connectivity index (χ1) is 9.78. The number of halogens is 1. The molecule has 21 heavy (non-hydrogen) atoms. The van der Waals surface area contributed by atoms with E-state index in [9.17, 15) is 14.7 Å². The van der Waals surface area contributed by atoms with Gasteiger partial charge >= 0.3 is 5.97 Å². The number of carbonyl (C=O) groups is 2. The van der Waals surface area contributed by atoms with Crippen molar-refractivity contribution in [3.05, 3.63) is 34.9 Å². The average molecular weight is 310 g/mol. The zero-order valence-electron chi connectivity index (χ0n) is 12.5. The highest BCUT2D eigenvalue weighted by atomic mass is 35.5. The van der Waals surface area contributed by atoms with E-state index in [1.165, 1.54) is 0 Å². The standard InChI is InChI=1S/C16H20ClNO3/c1-4-18(9-10-6-5-7-11(17)8-10)14(19)12-13(15(20)21)16(12,2)3/h5-8,12-13H,4,9H2,1-3H3,(H,20,21)/t12-,13+/m1/s1. The Morgan fingerprint density at radius 2 is 2.00 bits per heavy atom. The van der Waals surface area contributed by atoms with E-state index in [1.54, 1.807) is 11.0 Å². The quantitative estimate of drug-likeness (QED) is 0.909. The predicted octanol–water partition coefficient (Wildman–Crippen LogP) is 3.05. The van der Waals surface area contributed by atoms with Crippen molar-refractivity contribution in [2.45, 2.75) is 27.3 Å². The first kappa shape index (κ1) is 15.8. The molecule has 1 fully saturated rings. The molecule has 0 aliphatic heterocycles. The lowest BCUT2D eigenvalue weighted by molar-refractivity contribution is -0.142. The highest BCUT2D eigenvalue weighted by Crippen LogP contribution is 2.59. The van der Waals surface area contributed by atoms with E-state index in [4.69, 9.17) is 11.6 Å². The monoisotopic (exact) mass is 309 g/mol. The van der Waals surface area contributed by atoms with E-state index < -0.39 is 23.2 Å². The molecule has 2 atom stereocenters. The Kier molecular flexibility index (Phi) is 4.28. The van der Waals surface area contributed by atoms with Crippen LogP contribution in [0.2, 0.25) is 5.02 Å². The van der Waals surface area contributed by atoms with Crippen molar-refractivity contribution in [1.82, 2.24) is 4.90 Å². The van der Waals surface area contributed by atoms with Crippen LogP contribution < -0.4 is 0 Å². The molecular formula is C16H20ClNO3. The molecule has 0 spiro atoms. The lowest BCUT2D eigenvalue weighted by Crippen LogP contribution is -2.33. The van der Waals surface area contributed by atoms with Gasteiger partial charge in [-0.3, -0.25) is 9.59 Å². The molecule has 1 amide bonds. The molecule has 2 rings (SSSR count). The maximum atomic E-state index is 12.6. The van der Waals surface area contributed by atoms with Gasteiger partial charge in [0.05, 0.1) is 11.8 Å². The molecule has 1 saturated carbocycles. The minimum Gasteiger partial charge on any atom is -0.481 e. The van der Waals surface area contributed by atoms with E-state index in [2.05, 4.69) is 0 Å². The van der Waals surface area contributed by atoms with Gasteiger partial charge in [0.15, 0.2) is 0 Å². The van der Waals surface area contributed by atoms with Crippen LogP contribution in [0, 0.1) is 17.3 Å². The molecule has 0 unspecified atom stereocenters. The first-order valence-electron chi connectivity index (χ1n) is 7.05. The van der Waals surface area contributed by atoms with Crippen molar-refractivity contribution < 1.29 is 14.7 Å². The van der Waals surface area contributed by atoms with Crippen LogP contribution in [0.15, 0.2) is 24.3 Å². The van der Waals surface area contributed by atoms with Crippen molar-refractivity contribution in [1.29, 1.82) is 0 Å². The summed E-state index contributed by atoms with van der Waals surface area (Å²) < 4.78 is 0. The van der Waals surface area contributed by atoms with Crippen LogP contribution in [0.5, 0.6) is 0 Å². The summed E-state index contributed by atoms with van der Waals surface area (Å²) in [5.74, 6) is -2.00. The molecule has 0 heterocycles. The van der Waals surface area contributed by atoms with Gasteiger partial charge in [0.2, 0.25) is 5.91 Å². The van der Waals surface area contributed by atoms with Crippen molar-refractivity contribution in [3.63, 3.8) is 0 Å². The van der Waals surface area contributed by atoms with Crippen molar-refractivity contribution >= 4 is 23.5 Å². The molecule has 0 bridgehead atoms. The Morgan fingerprint density at radius 1 is 1.33 bits per heavy atom. The van der Waals surface area contributed by atoms with E-state index in [1.807, 2.05) is 39.0 Å². The topological polar surface area (TPSA) is 57.6 Å². The third kappa shape index (κ3) is 3.05. The summed E-state index contributed by atoms with van der Waals surface area (Å²) in [7, 11) is 0. The molecule has 114 valence electrons. The van der Waals surface area contributed by atoms with Crippen LogP contribution in [0.1, 0.15) is 26.3 Å². The molecule has 1 aromatic rings. The minimum absolute atomic E-state index is 0.0881. The lowest BCUT2D eigenvalue weighted by atomic mass is 10.1. The number of benzene rings is 1. The van der Waals surface area contributed by atoms with Gasteiger partial charge in [0, 0.05) is 18.1 Å². The smallest absolute Gasteiger partial charge is 0.307 e. The Morgan fingerprint density at radius 3 is 2.48 bits per heavy atom. The molecule has 0 radical (unpaired) electrons. The lowest BCUT2D eigenvalue weighted by Gasteiger charge is -2.22. The SMILES string of the molecule is CCN(Cc1cccc(Cl)c1)C(=O)[C@H]1[C@@H](C(=O)O)C1(C)C. The highest BCUT2D eigenvalue weighted by molar-refractivity contribution is 6.30. The second-order valence-corrected chi connectivity index (χ2v) is 6.53. The maximum absolute atomic E-state index is 12.6. The van der Waals surface area contributed by atoms with Crippen molar-refractivity contribution in [3.8, 4) is 0 Å². The number of carbonyl (C=O) groups excluding carboxylic acids is 1. The largest absolute Gasteiger partial charge is 0.481 e. The fourth-order valence-electron chi connectivity index (χ4n) is 2.96. The third-order valence-electron chi connectivity index (χ3n) is 4.32. The van der Waals surface area contributed by atoms with Gasteiger partial charge in [-0.25, -0.2) is 0 Å². The zero-order valence-corrected chi connectivity index (χ0v) is 13.2. The summed E-state index contributed by atoms with van der Waals surface area (Å²) in [5.41, 5.74) is 0.480. The van der Waals surface area contributed by atoms with Gasteiger partial charge in [0.1, 0.15) is 0 Å². The molecule has 1 aliphatic carbocycles. The number of carboxylic acids is 1. The van der Waals surface area contributed by atoms with Gasteiger partial charge in [-0.05, 0) is 30.0 Å². The van der Waals surface area contributed by atoms with Crippen LogP contribution in [0.3, 0.4) is 0 Å². The minimum atomic E-state index is -0.892. The second-order valence-electron chi connectivity index (χ2n) is 6.10. The van der Waals surface area contributed by atoms with Crippen LogP contribution in [0.4, 0.5) is 0 Å². The normalized spacial score (nSPS) is 22.7. The second kappa shape index (κ2) is 5.68. The van der Waals surface area contributed by atoms with Crippen LogP contribution in [-0.4, -0.2) is 28.4 Å². The molecule has 1 aromatic carbocycles. The Labute approximate surface area is 129 Å². The van der Waals surface area contributed by atoms with E-state index in [0.29, 0.717) is 18.1 Å². The van der Waals surface area contributed by atoms with Crippen molar-refractivity contribution in [2.75, 3.05) is 6.54 Å².